The molecule has 1 aromatic carbocycles. The maximum Gasteiger partial charge on any atom is 0.251 e. The highest BCUT2D eigenvalue weighted by Gasteiger charge is 2.29. The maximum atomic E-state index is 12.2. The van der Waals surface area contributed by atoms with E-state index in [1.807, 2.05) is 36.9 Å². The van der Waals surface area contributed by atoms with Gasteiger partial charge in [-0.05, 0) is 50.1 Å². The lowest BCUT2D eigenvalue weighted by molar-refractivity contribution is 0.0949. The summed E-state index contributed by atoms with van der Waals surface area (Å²) >= 11 is 5.42. The number of amides is 1. The van der Waals surface area contributed by atoms with Crippen molar-refractivity contribution in [2.75, 3.05) is 12.3 Å². The summed E-state index contributed by atoms with van der Waals surface area (Å²) in [6.07, 6.45) is 2.45. The van der Waals surface area contributed by atoms with Crippen molar-refractivity contribution in [2.24, 2.45) is 0 Å². The van der Waals surface area contributed by atoms with E-state index in [0.717, 1.165) is 22.1 Å². The highest BCUT2D eigenvalue weighted by Crippen LogP contribution is 2.37. The maximum absolute atomic E-state index is 12.2. The summed E-state index contributed by atoms with van der Waals surface area (Å²) in [4.78, 5) is 12.2. The second-order valence-corrected chi connectivity index (χ2v) is 7.53. The Morgan fingerprint density at radius 2 is 2.33 bits per heavy atom. The summed E-state index contributed by atoms with van der Waals surface area (Å²) in [5.41, 5.74) is 1.76. The van der Waals surface area contributed by atoms with Gasteiger partial charge in [0.15, 0.2) is 0 Å². The number of hydrogen-bond donors (Lipinski definition) is 1. The smallest absolute Gasteiger partial charge is 0.251 e. The van der Waals surface area contributed by atoms with Gasteiger partial charge in [0, 0.05) is 21.3 Å². The van der Waals surface area contributed by atoms with Crippen molar-refractivity contribution < 1.29 is 4.79 Å². The number of benzene rings is 1. The molecule has 1 atom stereocenters. The van der Waals surface area contributed by atoms with E-state index in [2.05, 4.69) is 28.2 Å². The minimum Gasteiger partial charge on any atom is -0.351 e. The van der Waals surface area contributed by atoms with E-state index >= 15 is 0 Å². The molecule has 1 saturated heterocycles. The van der Waals surface area contributed by atoms with Crippen LogP contribution in [0.1, 0.15) is 35.7 Å². The number of carbonyl (C=O) groups is 1. The van der Waals surface area contributed by atoms with Crippen molar-refractivity contribution in [1.29, 1.82) is 0 Å². The van der Waals surface area contributed by atoms with Gasteiger partial charge < -0.3 is 5.32 Å². The van der Waals surface area contributed by atoms with Crippen LogP contribution in [0.4, 0.5) is 0 Å². The third-order valence-corrected chi connectivity index (χ3v) is 5.83. The van der Waals surface area contributed by atoms with Crippen molar-refractivity contribution >= 4 is 33.6 Å². The van der Waals surface area contributed by atoms with Gasteiger partial charge in [0.25, 0.3) is 5.91 Å². The van der Waals surface area contributed by atoms with Gasteiger partial charge in [-0.2, -0.15) is 11.8 Å². The number of carbonyl (C=O) groups excluding carboxylic acids is 1. The number of hydrogen-bond acceptors (Lipinski definition) is 2. The zero-order chi connectivity index (χ0) is 13.2. The Labute approximate surface area is 121 Å². The van der Waals surface area contributed by atoms with Gasteiger partial charge in [0.05, 0.1) is 0 Å². The Morgan fingerprint density at radius 1 is 1.56 bits per heavy atom. The number of thioether (sulfide) groups is 1. The van der Waals surface area contributed by atoms with E-state index in [0.29, 0.717) is 0 Å². The summed E-state index contributed by atoms with van der Waals surface area (Å²) in [7, 11) is 0. The predicted molar refractivity (Wildman–Crippen MR) is 81.3 cm³/mol. The van der Waals surface area contributed by atoms with Crippen LogP contribution >= 0.6 is 27.7 Å². The van der Waals surface area contributed by atoms with Gasteiger partial charge in [0.2, 0.25) is 0 Å². The highest BCUT2D eigenvalue weighted by molar-refractivity contribution is 9.10. The average molecular weight is 328 g/mol. The van der Waals surface area contributed by atoms with Crippen LogP contribution in [0, 0.1) is 6.92 Å². The van der Waals surface area contributed by atoms with Gasteiger partial charge >= 0.3 is 0 Å². The Hall–Kier alpha value is -0.480. The van der Waals surface area contributed by atoms with E-state index in [1.165, 1.54) is 18.6 Å². The molecule has 0 spiro atoms. The highest BCUT2D eigenvalue weighted by atomic mass is 79.9. The molecule has 1 unspecified atom stereocenters. The molecule has 1 N–H and O–H groups in total. The molecule has 1 amide bonds. The van der Waals surface area contributed by atoms with E-state index in [9.17, 15) is 4.79 Å². The first-order valence-corrected chi connectivity index (χ1v) is 7.97. The first kappa shape index (κ1) is 13.9. The molecule has 0 aromatic heterocycles. The van der Waals surface area contributed by atoms with Crippen LogP contribution < -0.4 is 5.32 Å². The van der Waals surface area contributed by atoms with Crippen LogP contribution in [0.25, 0.3) is 0 Å². The lowest BCUT2D eigenvalue weighted by Gasteiger charge is -2.23. The Balaban J connectivity index is 2.01. The summed E-state index contributed by atoms with van der Waals surface area (Å²) in [5.74, 6) is 1.24. The molecule has 1 aromatic rings. The van der Waals surface area contributed by atoms with Gasteiger partial charge in [-0.25, -0.2) is 0 Å². The van der Waals surface area contributed by atoms with Crippen LogP contribution in [0.3, 0.4) is 0 Å². The number of halogens is 1. The number of nitrogens with one attached hydrogen (secondary N) is 1. The molecule has 0 saturated carbocycles. The molecule has 98 valence electrons. The Morgan fingerprint density at radius 3 is 3.00 bits per heavy atom. The monoisotopic (exact) mass is 327 g/mol. The molecule has 0 radical (unpaired) electrons. The molecular formula is C14H18BrNOS. The lowest BCUT2D eigenvalue weighted by atomic mass is 10.0. The summed E-state index contributed by atoms with van der Waals surface area (Å²) in [5, 5.41) is 3.07. The molecule has 18 heavy (non-hydrogen) atoms. The second-order valence-electron chi connectivity index (χ2n) is 5.00. The molecule has 0 aliphatic carbocycles. The zero-order valence-corrected chi connectivity index (χ0v) is 13.2. The third kappa shape index (κ3) is 3.09. The second kappa shape index (κ2) is 5.66. The SMILES string of the molecule is Cc1c(Br)cccc1C(=O)NCC1(C)CCCS1. The quantitative estimate of drug-likeness (QED) is 0.915. The minimum atomic E-state index is 0.0301. The summed E-state index contributed by atoms with van der Waals surface area (Å²) < 4.78 is 1.20. The molecule has 2 rings (SSSR count). The van der Waals surface area contributed by atoms with Gasteiger partial charge in [0.1, 0.15) is 0 Å². The fraction of sp³-hybridized carbons (Fsp3) is 0.500. The van der Waals surface area contributed by atoms with Gasteiger partial charge in [-0.15, -0.1) is 0 Å². The van der Waals surface area contributed by atoms with Crippen LogP contribution in [0.5, 0.6) is 0 Å². The van der Waals surface area contributed by atoms with Crippen molar-refractivity contribution in [3.05, 3.63) is 33.8 Å². The minimum absolute atomic E-state index is 0.0301. The van der Waals surface area contributed by atoms with E-state index < -0.39 is 0 Å². The molecule has 1 fully saturated rings. The van der Waals surface area contributed by atoms with Crippen LogP contribution in [-0.4, -0.2) is 23.0 Å². The van der Waals surface area contributed by atoms with Crippen LogP contribution in [0.15, 0.2) is 22.7 Å². The molecule has 1 heterocycles. The largest absolute Gasteiger partial charge is 0.351 e. The van der Waals surface area contributed by atoms with Crippen LogP contribution in [0.2, 0.25) is 0 Å². The molecule has 4 heteroatoms. The standard InChI is InChI=1S/C14H18BrNOS/c1-10-11(5-3-6-12(10)15)13(17)16-9-14(2)7-4-8-18-14/h3,5-6H,4,7-9H2,1-2H3,(H,16,17). The van der Waals surface area contributed by atoms with Gasteiger partial charge in [-0.1, -0.05) is 22.0 Å². The van der Waals surface area contributed by atoms with Gasteiger partial charge in [-0.3, -0.25) is 4.79 Å². The molecular weight excluding hydrogens is 310 g/mol. The molecule has 2 nitrogen and oxygen atoms in total. The van der Waals surface area contributed by atoms with Crippen molar-refractivity contribution in [3.8, 4) is 0 Å². The zero-order valence-electron chi connectivity index (χ0n) is 10.8. The Bertz CT molecular complexity index is 455. The Kier molecular flexibility index (Phi) is 4.38. The first-order valence-electron chi connectivity index (χ1n) is 6.19. The molecule has 0 bridgehead atoms. The average Bonchev–Trinajstić information content (AvgIpc) is 2.77. The van der Waals surface area contributed by atoms with E-state index in [1.54, 1.807) is 0 Å². The fourth-order valence-corrected chi connectivity index (χ4v) is 3.80. The fourth-order valence-electron chi connectivity index (χ4n) is 2.19. The van der Waals surface area contributed by atoms with Crippen molar-refractivity contribution in [2.45, 2.75) is 31.4 Å². The van der Waals surface area contributed by atoms with E-state index in [4.69, 9.17) is 0 Å². The normalized spacial score (nSPS) is 23.1. The molecule has 1 aliphatic heterocycles. The lowest BCUT2D eigenvalue weighted by Crippen LogP contribution is -2.37. The topological polar surface area (TPSA) is 29.1 Å². The van der Waals surface area contributed by atoms with Crippen LogP contribution in [-0.2, 0) is 0 Å². The summed E-state index contributed by atoms with van der Waals surface area (Å²) in [6, 6.07) is 5.73. The van der Waals surface area contributed by atoms with Crippen molar-refractivity contribution in [1.82, 2.24) is 5.32 Å². The third-order valence-electron chi connectivity index (χ3n) is 3.44. The van der Waals surface area contributed by atoms with Crippen molar-refractivity contribution in [3.63, 3.8) is 0 Å². The first-order chi connectivity index (χ1) is 8.52. The molecule has 1 aliphatic rings. The predicted octanol–water partition coefficient (Wildman–Crippen LogP) is 3.77. The number of rotatable bonds is 3. The summed E-state index contributed by atoms with van der Waals surface area (Å²) in [6.45, 7) is 4.95. The van der Waals surface area contributed by atoms with E-state index in [-0.39, 0.29) is 10.7 Å².